The van der Waals surface area contributed by atoms with Crippen LogP contribution in [0.25, 0.3) is 0 Å². The van der Waals surface area contributed by atoms with Crippen molar-refractivity contribution >= 4 is 0 Å². The number of piperazine rings is 1. The Hall–Kier alpha value is -1.27. The van der Waals surface area contributed by atoms with Crippen LogP contribution in [0.5, 0.6) is 5.75 Å². The standard InChI is InChI=1S/C16H21F3N2O/c1-12-9-20(5-6-21(12)11-16(17,18)19)10-13-2-3-15-14(8-13)4-7-22-15/h2-3,8,12H,4-7,9-11H2,1H3/t12-/m0/s1. The highest BCUT2D eigenvalue weighted by atomic mass is 19.4. The molecule has 2 aliphatic heterocycles. The lowest BCUT2D eigenvalue weighted by atomic mass is 10.1. The number of ether oxygens (including phenoxy) is 1. The van der Waals surface area contributed by atoms with Crippen LogP contribution in [-0.2, 0) is 13.0 Å². The van der Waals surface area contributed by atoms with E-state index in [9.17, 15) is 13.2 Å². The lowest BCUT2D eigenvalue weighted by Crippen LogP contribution is -2.53. The molecular formula is C16H21F3N2O. The van der Waals surface area contributed by atoms with Crippen LogP contribution in [0.2, 0.25) is 0 Å². The lowest BCUT2D eigenvalue weighted by molar-refractivity contribution is -0.155. The third-order valence-electron chi connectivity index (χ3n) is 4.39. The monoisotopic (exact) mass is 314 g/mol. The van der Waals surface area contributed by atoms with Crippen LogP contribution in [-0.4, -0.2) is 54.8 Å². The second kappa shape index (κ2) is 6.08. The van der Waals surface area contributed by atoms with Crippen LogP contribution in [0.15, 0.2) is 18.2 Å². The van der Waals surface area contributed by atoms with E-state index in [-0.39, 0.29) is 6.04 Å². The van der Waals surface area contributed by atoms with E-state index in [1.165, 1.54) is 16.0 Å². The Balaban J connectivity index is 1.57. The zero-order valence-electron chi connectivity index (χ0n) is 12.7. The van der Waals surface area contributed by atoms with Crippen molar-refractivity contribution in [2.45, 2.75) is 32.1 Å². The Morgan fingerprint density at radius 3 is 2.82 bits per heavy atom. The molecule has 1 fully saturated rings. The SMILES string of the molecule is C[C@H]1CN(Cc2ccc3c(c2)CCO3)CCN1CC(F)(F)F. The summed E-state index contributed by atoms with van der Waals surface area (Å²) in [6.45, 7) is 4.41. The molecule has 3 rings (SSSR count). The van der Waals surface area contributed by atoms with Gasteiger partial charge in [-0.3, -0.25) is 9.80 Å². The minimum atomic E-state index is -4.11. The van der Waals surface area contributed by atoms with Gasteiger partial charge in [-0.2, -0.15) is 13.2 Å². The van der Waals surface area contributed by atoms with Crippen LogP contribution in [0, 0.1) is 0 Å². The molecule has 0 radical (unpaired) electrons. The van der Waals surface area contributed by atoms with Crippen molar-refractivity contribution in [2.24, 2.45) is 0 Å². The molecule has 1 aromatic rings. The molecule has 0 aliphatic carbocycles. The molecule has 122 valence electrons. The van der Waals surface area contributed by atoms with E-state index in [0.717, 1.165) is 25.3 Å². The molecule has 3 nitrogen and oxygen atoms in total. The molecule has 0 spiro atoms. The molecule has 0 amide bonds. The molecule has 1 saturated heterocycles. The van der Waals surface area contributed by atoms with Crippen molar-refractivity contribution in [2.75, 3.05) is 32.8 Å². The maximum atomic E-state index is 12.5. The topological polar surface area (TPSA) is 15.7 Å². The van der Waals surface area contributed by atoms with Gasteiger partial charge in [0, 0.05) is 38.6 Å². The average molecular weight is 314 g/mol. The highest BCUT2D eigenvalue weighted by Crippen LogP contribution is 2.27. The van der Waals surface area contributed by atoms with E-state index >= 15 is 0 Å². The summed E-state index contributed by atoms with van der Waals surface area (Å²) in [5.74, 6) is 0.965. The molecule has 0 aromatic heterocycles. The predicted octanol–water partition coefficient (Wildman–Crippen LogP) is 2.69. The Morgan fingerprint density at radius 2 is 2.09 bits per heavy atom. The van der Waals surface area contributed by atoms with E-state index in [1.54, 1.807) is 0 Å². The van der Waals surface area contributed by atoms with Gasteiger partial charge in [-0.05, 0) is 24.1 Å². The van der Waals surface area contributed by atoms with E-state index in [0.29, 0.717) is 19.6 Å². The van der Waals surface area contributed by atoms with E-state index in [2.05, 4.69) is 17.0 Å². The first-order valence-corrected chi connectivity index (χ1v) is 7.68. The van der Waals surface area contributed by atoms with E-state index in [4.69, 9.17) is 4.74 Å². The Kier molecular flexibility index (Phi) is 4.32. The van der Waals surface area contributed by atoms with Crippen molar-refractivity contribution < 1.29 is 17.9 Å². The lowest BCUT2D eigenvalue weighted by Gasteiger charge is -2.40. The van der Waals surface area contributed by atoms with Crippen molar-refractivity contribution in [3.63, 3.8) is 0 Å². The van der Waals surface area contributed by atoms with Crippen molar-refractivity contribution in [3.05, 3.63) is 29.3 Å². The minimum absolute atomic E-state index is 0.0758. The van der Waals surface area contributed by atoms with Crippen LogP contribution in [0.1, 0.15) is 18.1 Å². The van der Waals surface area contributed by atoms with Gasteiger partial charge in [-0.25, -0.2) is 0 Å². The Bertz CT molecular complexity index is 533. The fourth-order valence-corrected chi connectivity index (χ4v) is 3.28. The van der Waals surface area contributed by atoms with Gasteiger partial charge in [0.25, 0.3) is 0 Å². The van der Waals surface area contributed by atoms with Crippen LogP contribution >= 0.6 is 0 Å². The zero-order valence-corrected chi connectivity index (χ0v) is 12.7. The summed E-state index contributed by atoms with van der Waals surface area (Å²) in [6, 6.07) is 6.14. The minimum Gasteiger partial charge on any atom is -0.493 e. The van der Waals surface area contributed by atoms with E-state index in [1.807, 2.05) is 13.0 Å². The third-order valence-corrected chi connectivity index (χ3v) is 4.39. The van der Waals surface area contributed by atoms with Gasteiger partial charge in [0.1, 0.15) is 5.75 Å². The fourth-order valence-electron chi connectivity index (χ4n) is 3.28. The molecule has 0 bridgehead atoms. The third kappa shape index (κ3) is 3.73. The largest absolute Gasteiger partial charge is 0.493 e. The molecule has 0 N–H and O–H groups in total. The summed E-state index contributed by atoms with van der Waals surface area (Å²) < 4.78 is 43.0. The summed E-state index contributed by atoms with van der Waals surface area (Å²) in [5.41, 5.74) is 2.45. The maximum Gasteiger partial charge on any atom is 0.401 e. The number of fused-ring (bicyclic) bond motifs is 1. The second-order valence-corrected chi connectivity index (χ2v) is 6.21. The summed E-state index contributed by atoms with van der Waals surface area (Å²) >= 11 is 0. The van der Waals surface area contributed by atoms with Gasteiger partial charge in [-0.15, -0.1) is 0 Å². The van der Waals surface area contributed by atoms with Crippen LogP contribution in [0.3, 0.4) is 0 Å². The molecule has 6 heteroatoms. The molecule has 22 heavy (non-hydrogen) atoms. The number of halogens is 3. The number of hydrogen-bond donors (Lipinski definition) is 0. The van der Waals surface area contributed by atoms with Gasteiger partial charge >= 0.3 is 6.18 Å². The zero-order chi connectivity index (χ0) is 15.7. The molecular weight excluding hydrogens is 293 g/mol. The molecule has 1 aromatic carbocycles. The van der Waals surface area contributed by atoms with Gasteiger partial charge in [0.2, 0.25) is 0 Å². The number of nitrogens with zero attached hydrogens (tertiary/aromatic N) is 2. The maximum absolute atomic E-state index is 12.5. The first kappa shape index (κ1) is 15.6. The fraction of sp³-hybridized carbons (Fsp3) is 0.625. The van der Waals surface area contributed by atoms with Gasteiger partial charge in [-0.1, -0.05) is 12.1 Å². The number of hydrogen-bond acceptors (Lipinski definition) is 3. The number of rotatable bonds is 3. The quantitative estimate of drug-likeness (QED) is 0.853. The van der Waals surface area contributed by atoms with Crippen molar-refractivity contribution in [1.82, 2.24) is 9.80 Å². The number of alkyl halides is 3. The Labute approximate surface area is 128 Å². The Morgan fingerprint density at radius 1 is 1.27 bits per heavy atom. The van der Waals surface area contributed by atoms with Crippen LogP contribution in [0.4, 0.5) is 13.2 Å². The molecule has 0 saturated carbocycles. The summed E-state index contributed by atoms with van der Waals surface area (Å²) in [6.07, 6.45) is -3.17. The summed E-state index contributed by atoms with van der Waals surface area (Å²) in [7, 11) is 0. The molecule has 1 atom stereocenters. The predicted molar refractivity (Wildman–Crippen MR) is 78.0 cm³/mol. The van der Waals surface area contributed by atoms with Crippen molar-refractivity contribution in [1.29, 1.82) is 0 Å². The normalized spacial score (nSPS) is 23.4. The van der Waals surface area contributed by atoms with Crippen molar-refractivity contribution in [3.8, 4) is 5.75 Å². The smallest absolute Gasteiger partial charge is 0.401 e. The average Bonchev–Trinajstić information content (AvgIpc) is 2.88. The van der Waals surface area contributed by atoms with Gasteiger partial charge in [0.05, 0.1) is 13.2 Å². The molecule has 0 unspecified atom stereocenters. The summed E-state index contributed by atoms with van der Waals surface area (Å²) in [5, 5.41) is 0. The van der Waals surface area contributed by atoms with E-state index < -0.39 is 12.7 Å². The number of benzene rings is 1. The highest BCUT2D eigenvalue weighted by Gasteiger charge is 2.35. The van der Waals surface area contributed by atoms with Crippen LogP contribution < -0.4 is 4.74 Å². The van der Waals surface area contributed by atoms with Gasteiger partial charge in [0.15, 0.2) is 0 Å². The first-order valence-electron chi connectivity index (χ1n) is 7.68. The second-order valence-electron chi connectivity index (χ2n) is 6.21. The first-order chi connectivity index (χ1) is 10.4. The molecule has 2 heterocycles. The highest BCUT2D eigenvalue weighted by molar-refractivity contribution is 5.39. The van der Waals surface area contributed by atoms with Gasteiger partial charge < -0.3 is 4.74 Å². The molecule has 2 aliphatic rings. The summed E-state index contributed by atoms with van der Waals surface area (Å²) in [4.78, 5) is 3.75.